The number of amides is 1. The van der Waals surface area contributed by atoms with Crippen molar-refractivity contribution in [3.05, 3.63) is 28.1 Å². The molecule has 134 valence electrons. The van der Waals surface area contributed by atoms with E-state index in [1.165, 1.54) is 28.8 Å². The Kier molecular flexibility index (Phi) is 4.92. The van der Waals surface area contributed by atoms with Gasteiger partial charge in [0.25, 0.3) is 0 Å². The molecule has 1 aliphatic carbocycles. The van der Waals surface area contributed by atoms with Crippen molar-refractivity contribution in [2.75, 3.05) is 13.7 Å². The minimum absolute atomic E-state index is 0.359. The van der Waals surface area contributed by atoms with Gasteiger partial charge in [0.15, 0.2) is 0 Å². The average molecular weight is 378 g/mol. The standard InChI is InChI=1S/C20H24ClNO2S/c1-24-15-7-8-16-17(12-15)25-18(20(16)21)11-13-4-2-5-14(10-13)22-9-3-6-19(22)23/h7-8,12-14H,2-6,9-11H2,1H3. The van der Waals surface area contributed by atoms with E-state index in [1.807, 2.05) is 6.07 Å². The fourth-order valence-corrected chi connectivity index (χ4v) is 6.06. The molecule has 0 spiro atoms. The van der Waals surface area contributed by atoms with Gasteiger partial charge in [-0.05, 0) is 56.2 Å². The smallest absolute Gasteiger partial charge is 0.222 e. The molecule has 1 aliphatic heterocycles. The summed E-state index contributed by atoms with van der Waals surface area (Å²) in [5.41, 5.74) is 0. The van der Waals surface area contributed by atoms with Gasteiger partial charge in [-0.3, -0.25) is 4.79 Å². The summed E-state index contributed by atoms with van der Waals surface area (Å²) < 4.78 is 6.52. The highest BCUT2D eigenvalue weighted by Gasteiger charge is 2.32. The number of carbonyl (C=O) groups excluding carboxylic acids is 1. The van der Waals surface area contributed by atoms with E-state index in [9.17, 15) is 4.79 Å². The number of rotatable bonds is 4. The van der Waals surface area contributed by atoms with Crippen molar-refractivity contribution in [2.45, 2.75) is 51.0 Å². The quantitative estimate of drug-likeness (QED) is 0.724. The zero-order chi connectivity index (χ0) is 17.4. The van der Waals surface area contributed by atoms with Crippen LogP contribution in [0, 0.1) is 5.92 Å². The Morgan fingerprint density at radius 2 is 2.20 bits per heavy atom. The fraction of sp³-hybridized carbons (Fsp3) is 0.550. The second-order valence-corrected chi connectivity index (χ2v) is 8.80. The highest BCUT2D eigenvalue weighted by atomic mass is 35.5. The van der Waals surface area contributed by atoms with E-state index in [1.54, 1.807) is 18.4 Å². The van der Waals surface area contributed by atoms with Crippen molar-refractivity contribution in [1.82, 2.24) is 4.90 Å². The largest absolute Gasteiger partial charge is 0.497 e. The third kappa shape index (κ3) is 3.39. The lowest BCUT2D eigenvalue weighted by molar-refractivity contribution is -0.130. The van der Waals surface area contributed by atoms with Crippen LogP contribution in [0.25, 0.3) is 10.1 Å². The molecule has 2 unspecified atom stereocenters. The minimum Gasteiger partial charge on any atom is -0.497 e. The van der Waals surface area contributed by atoms with Crippen LogP contribution in [0.1, 0.15) is 43.4 Å². The van der Waals surface area contributed by atoms with E-state index in [0.29, 0.717) is 17.9 Å². The zero-order valence-electron chi connectivity index (χ0n) is 14.6. The van der Waals surface area contributed by atoms with Crippen LogP contribution in [0.15, 0.2) is 18.2 Å². The number of carbonyl (C=O) groups is 1. The number of halogens is 1. The first kappa shape index (κ1) is 17.2. The Bertz CT molecular complexity index is 787. The van der Waals surface area contributed by atoms with Gasteiger partial charge in [-0.25, -0.2) is 0 Å². The maximum absolute atomic E-state index is 12.1. The Labute approximate surface area is 157 Å². The van der Waals surface area contributed by atoms with Gasteiger partial charge in [0.05, 0.1) is 12.1 Å². The highest BCUT2D eigenvalue weighted by Crippen LogP contribution is 2.41. The Balaban J connectivity index is 1.50. The average Bonchev–Trinajstić information content (AvgIpc) is 3.19. The molecule has 2 atom stereocenters. The molecule has 2 heterocycles. The number of thiophene rings is 1. The summed E-state index contributed by atoms with van der Waals surface area (Å²) in [7, 11) is 1.69. The molecule has 1 amide bonds. The Morgan fingerprint density at radius 3 is 2.96 bits per heavy atom. The molecule has 0 N–H and O–H groups in total. The molecule has 1 aromatic carbocycles. The van der Waals surface area contributed by atoms with E-state index in [2.05, 4.69) is 17.0 Å². The van der Waals surface area contributed by atoms with Crippen LogP contribution < -0.4 is 4.74 Å². The van der Waals surface area contributed by atoms with Crippen LogP contribution in [-0.4, -0.2) is 30.5 Å². The van der Waals surface area contributed by atoms with Gasteiger partial charge in [0.2, 0.25) is 5.91 Å². The van der Waals surface area contributed by atoms with Crippen molar-refractivity contribution >= 4 is 38.9 Å². The first-order valence-corrected chi connectivity index (χ1v) is 10.4. The van der Waals surface area contributed by atoms with Gasteiger partial charge in [-0.15, -0.1) is 11.3 Å². The van der Waals surface area contributed by atoms with Crippen LogP contribution in [0.5, 0.6) is 5.75 Å². The van der Waals surface area contributed by atoms with Crippen molar-refractivity contribution in [1.29, 1.82) is 0 Å². The molecule has 2 fully saturated rings. The lowest BCUT2D eigenvalue weighted by atomic mass is 9.83. The number of nitrogens with zero attached hydrogens (tertiary/aromatic N) is 1. The second-order valence-electron chi connectivity index (χ2n) is 7.28. The van der Waals surface area contributed by atoms with Crippen LogP contribution in [0.4, 0.5) is 0 Å². The second kappa shape index (κ2) is 7.16. The molecule has 1 saturated heterocycles. The number of hydrogen-bond acceptors (Lipinski definition) is 3. The van der Waals surface area contributed by atoms with Crippen LogP contribution >= 0.6 is 22.9 Å². The van der Waals surface area contributed by atoms with Crippen LogP contribution in [0.2, 0.25) is 5.02 Å². The molecule has 1 aromatic heterocycles. The first-order valence-electron chi connectivity index (χ1n) is 9.20. The van der Waals surface area contributed by atoms with Crippen molar-refractivity contribution < 1.29 is 9.53 Å². The van der Waals surface area contributed by atoms with Gasteiger partial charge in [-0.2, -0.15) is 0 Å². The third-order valence-electron chi connectivity index (χ3n) is 5.68. The summed E-state index contributed by atoms with van der Waals surface area (Å²) in [6, 6.07) is 6.55. The molecule has 2 aliphatic rings. The van der Waals surface area contributed by atoms with E-state index in [4.69, 9.17) is 16.3 Å². The summed E-state index contributed by atoms with van der Waals surface area (Å²) in [6.07, 6.45) is 7.55. The highest BCUT2D eigenvalue weighted by molar-refractivity contribution is 7.19. The van der Waals surface area contributed by atoms with Gasteiger partial charge >= 0.3 is 0 Å². The van der Waals surface area contributed by atoms with Crippen molar-refractivity contribution in [3.63, 3.8) is 0 Å². The maximum atomic E-state index is 12.1. The molecule has 2 aromatic rings. The molecule has 1 saturated carbocycles. The molecular weight excluding hydrogens is 354 g/mol. The Morgan fingerprint density at radius 1 is 1.32 bits per heavy atom. The zero-order valence-corrected chi connectivity index (χ0v) is 16.2. The van der Waals surface area contributed by atoms with Gasteiger partial charge < -0.3 is 9.64 Å². The normalized spacial score (nSPS) is 24.2. The molecule has 0 radical (unpaired) electrons. The lowest BCUT2D eigenvalue weighted by Crippen LogP contribution is -2.39. The Hall–Kier alpha value is -1.26. The summed E-state index contributed by atoms with van der Waals surface area (Å²) in [4.78, 5) is 15.5. The molecule has 4 rings (SSSR count). The number of ether oxygens (including phenoxy) is 1. The van der Waals surface area contributed by atoms with E-state index in [0.717, 1.165) is 48.4 Å². The van der Waals surface area contributed by atoms with E-state index < -0.39 is 0 Å². The lowest BCUT2D eigenvalue weighted by Gasteiger charge is -2.35. The SMILES string of the molecule is COc1ccc2c(Cl)c(CC3CCCC(N4CCCC4=O)C3)sc2c1. The number of methoxy groups -OCH3 is 1. The fourth-order valence-electron chi connectivity index (χ4n) is 4.40. The summed E-state index contributed by atoms with van der Waals surface area (Å²) in [6.45, 7) is 0.958. The van der Waals surface area contributed by atoms with Crippen molar-refractivity contribution in [3.8, 4) is 5.75 Å². The monoisotopic (exact) mass is 377 g/mol. The van der Waals surface area contributed by atoms with Gasteiger partial charge in [0.1, 0.15) is 5.75 Å². The predicted molar refractivity (Wildman–Crippen MR) is 104 cm³/mol. The van der Waals surface area contributed by atoms with E-state index in [-0.39, 0.29) is 0 Å². The molecule has 3 nitrogen and oxygen atoms in total. The number of fused-ring (bicyclic) bond motifs is 1. The third-order valence-corrected chi connectivity index (χ3v) is 7.40. The molecule has 0 bridgehead atoms. The van der Waals surface area contributed by atoms with Crippen LogP contribution in [0.3, 0.4) is 0 Å². The topological polar surface area (TPSA) is 29.5 Å². The van der Waals surface area contributed by atoms with Crippen LogP contribution in [-0.2, 0) is 11.2 Å². The molecular formula is C20H24ClNO2S. The van der Waals surface area contributed by atoms with Crippen molar-refractivity contribution in [2.24, 2.45) is 5.92 Å². The number of likely N-dealkylation sites (tertiary alicyclic amines) is 1. The van der Waals surface area contributed by atoms with E-state index >= 15 is 0 Å². The minimum atomic E-state index is 0.359. The maximum Gasteiger partial charge on any atom is 0.222 e. The molecule has 5 heteroatoms. The summed E-state index contributed by atoms with van der Waals surface area (Å²) in [5.74, 6) is 1.86. The van der Waals surface area contributed by atoms with Gasteiger partial charge in [-0.1, -0.05) is 18.0 Å². The number of hydrogen-bond donors (Lipinski definition) is 0. The first-order chi connectivity index (χ1) is 12.2. The van der Waals surface area contributed by atoms with Gasteiger partial charge in [0, 0.05) is 34.0 Å². The predicted octanol–water partition coefficient (Wildman–Crippen LogP) is 5.29. The molecule has 25 heavy (non-hydrogen) atoms. The summed E-state index contributed by atoms with van der Waals surface area (Å²) >= 11 is 8.45. The number of benzene rings is 1. The summed E-state index contributed by atoms with van der Waals surface area (Å²) in [5, 5.41) is 2.03.